The predicted molar refractivity (Wildman–Crippen MR) is 72.3 cm³/mol. The summed E-state index contributed by atoms with van der Waals surface area (Å²) in [5, 5.41) is 3.49. The van der Waals surface area contributed by atoms with E-state index >= 15 is 0 Å². The molecule has 0 amide bonds. The molecule has 2 N–H and O–H groups in total. The lowest BCUT2D eigenvalue weighted by molar-refractivity contribution is -0.0566. The Hall–Kier alpha value is -0.870. The number of nitrogens with zero attached hydrogens (tertiary/aromatic N) is 1. The van der Waals surface area contributed by atoms with Gasteiger partial charge in [0.2, 0.25) is 0 Å². The molecule has 1 aromatic rings. The van der Waals surface area contributed by atoms with E-state index in [4.69, 9.17) is 4.74 Å². The Morgan fingerprint density at radius 1 is 1.39 bits per heavy atom. The molecule has 0 aliphatic heterocycles. The van der Waals surface area contributed by atoms with Crippen LogP contribution in [0.4, 0.5) is 0 Å². The highest BCUT2D eigenvalue weighted by Gasteiger charge is 2.32. The first-order chi connectivity index (χ1) is 8.74. The number of ether oxygens (including phenoxy) is 1. The van der Waals surface area contributed by atoms with Crippen molar-refractivity contribution in [2.75, 3.05) is 6.61 Å². The van der Waals surface area contributed by atoms with Crippen LogP contribution in [0, 0.1) is 0 Å². The van der Waals surface area contributed by atoms with E-state index in [1.54, 1.807) is 0 Å². The van der Waals surface area contributed by atoms with Crippen LogP contribution in [0.2, 0.25) is 0 Å². The Bertz CT molecular complexity index is 367. The molecule has 1 aromatic heterocycles. The van der Waals surface area contributed by atoms with Crippen molar-refractivity contribution < 1.29 is 4.74 Å². The van der Waals surface area contributed by atoms with Crippen molar-refractivity contribution in [3.05, 3.63) is 17.7 Å². The summed E-state index contributed by atoms with van der Waals surface area (Å²) in [4.78, 5) is 7.95. The molecule has 0 aromatic carbocycles. The molecule has 0 spiro atoms. The smallest absolute Gasteiger partial charge is 0.138 e. The summed E-state index contributed by atoms with van der Waals surface area (Å²) < 4.78 is 5.95. The third kappa shape index (κ3) is 2.93. The highest BCUT2D eigenvalue weighted by molar-refractivity contribution is 5.09. The van der Waals surface area contributed by atoms with Gasteiger partial charge in [0, 0.05) is 31.1 Å². The average Bonchev–Trinajstić information content (AvgIpc) is 3.11. The van der Waals surface area contributed by atoms with Crippen molar-refractivity contribution in [3.63, 3.8) is 0 Å². The number of aromatic amines is 1. The summed E-state index contributed by atoms with van der Waals surface area (Å²) in [7, 11) is 0. The lowest BCUT2D eigenvalue weighted by Gasteiger charge is -2.29. The van der Waals surface area contributed by atoms with Crippen LogP contribution in [0.1, 0.15) is 58.0 Å². The SMILES string of the molecule is CCOC(CC)(CC)c1ncc(CNC2CC2)[nH]1. The van der Waals surface area contributed by atoms with Crippen molar-refractivity contribution in [1.82, 2.24) is 15.3 Å². The van der Waals surface area contributed by atoms with Gasteiger partial charge in [-0.3, -0.25) is 0 Å². The Balaban J connectivity index is 2.04. The van der Waals surface area contributed by atoms with Crippen LogP contribution in [0.3, 0.4) is 0 Å². The molecule has 0 unspecified atom stereocenters. The maximum Gasteiger partial charge on any atom is 0.138 e. The van der Waals surface area contributed by atoms with Crippen LogP contribution in [0.25, 0.3) is 0 Å². The van der Waals surface area contributed by atoms with E-state index in [0.29, 0.717) is 0 Å². The van der Waals surface area contributed by atoms with Gasteiger partial charge in [0.05, 0.1) is 0 Å². The Kier molecular flexibility index (Phi) is 4.40. The third-order valence-electron chi connectivity index (χ3n) is 3.78. The van der Waals surface area contributed by atoms with Gasteiger partial charge in [0.15, 0.2) is 0 Å². The molecule has 4 nitrogen and oxygen atoms in total. The van der Waals surface area contributed by atoms with Crippen LogP contribution in [-0.2, 0) is 16.9 Å². The molecule has 1 aliphatic rings. The topological polar surface area (TPSA) is 49.9 Å². The first kappa shape index (κ1) is 13.6. The molecular formula is C14H25N3O. The normalized spacial score (nSPS) is 16.2. The number of imidazole rings is 1. The highest BCUT2D eigenvalue weighted by Crippen LogP contribution is 2.30. The maximum atomic E-state index is 5.95. The number of aromatic nitrogens is 2. The monoisotopic (exact) mass is 251 g/mol. The van der Waals surface area contributed by atoms with E-state index in [0.717, 1.165) is 43.6 Å². The number of rotatable bonds is 8. The quantitative estimate of drug-likeness (QED) is 0.747. The summed E-state index contributed by atoms with van der Waals surface area (Å²) in [6, 6.07) is 0.728. The zero-order chi connectivity index (χ0) is 13.0. The van der Waals surface area contributed by atoms with Crippen LogP contribution in [0.5, 0.6) is 0 Å². The lowest BCUT2D eigenvalue weighted by Crippen LogP contribution is -2.30. The molecule has 1 fully saturated rings. The van der Waals surface area contributed by atoms with E-state index in [-0.39, 0.29) is 5.60 Å². The molecule has 2 rings (SSSR count). The largest absolute Gasteiger partial charge is 0.367 e. The van der Waals surface area contributed by atoms with Crippen molar-refractivity contribution in [2.45, 2.75) is 64.6 Å². The summed E-state index contributed by atoms with van der Waals surface area (Å²) in [6.07, 6.45) is 6.45. The van der Waals surface area contributed by atoms with Crippen LogP contribution in [0.15, 0.2) is 6.20 Å². The van der Waals surface area contributed by atoms with E-state index < -0.39 is 0 Å². The van der Waals surface area contributed by atoms with Crippen molar-refractivity contribution in [3.8, 4) is 0 Å². The van der Waals surface area contributed by atoms with Gasteiger partial charge >= 0.3 is 0 Å². The zero-order valence-corrected chi connectivity index (χ0v) is 11.8. The molecule has 0 atom stereocenters. The zero-order valence-electron chi connectivity index (χ0n) is 11.8. The summed E-state index contributed by atoms with van der Waals surface area (Å²) in [5.41, 5.74) is 0.912. The number of hydrogen-bond donors (Lipinski definition) is 2. The Morgan fingerprint density at radius 3 is 2.67 bits per heavy atom. The number of H-pyrrole nitrogens is 1. The van der Waals surface area contributed by atoms with Crippen LogP contribution >= 0.6 is 0 Å². The molecule has 1 heterocycles. The molecule has 0 radical (unpaired) electrons. The van der Waals surface area contributed by atoms with Crippen molar-refractivity contribution in [2.24, 2.45) is 0 Å². The Labute approximate surface area is 110 Å². The summed E-state index contributed by atoms with van der Waals surface area (Å²) >= 11 is 0. The molecule has 4 heteroatoms. The minimum atomic E-state index is -0.243. The van der Waals surface area contributed by atoms with Gasteiger partial charge in [0.25, 0.3) is 0 Å². The summed E-state index contributed by atoms with van der Waals surface area (Å²) in [6.45, 7) is 7.96. The fourth-order valence-corrected chi connectivity index (χ4v) is 2.36. The minimum Gasteiger partial charge on any atom is -0.367 e. The first-order valence-corrected chi connectivity index (χ1v) is 7.15. The summed E-state index contributed by atoms with van der Waals surface area (Å²) in [5.74, 6) is 0.974. The molecular weight excluding hydrogens is 226 g/mol. The van der Waals surface area contributed by atoms with E-state index in [2.05, 4.69) is 29.1 Å². The van der Waals surface area contributed by atoms with Gasteiger partial charge in [-0.1, -0.05) is 13.8 Å². The molecule has 0 saturated heterocycles. The average molecular weight is 251 g/mol. The Morgan fingerprint density at radius 2 is 2.11 bits per heavy atom. The van der Waals surface area contributed by atoms with E-state index in [1.165, 1.54) is 12.8 Å². The molecule has 18 heavy (non-hydrogen) atoms. The van der Waals surface area contributed by atoms with E-state index in [9.17, 15) is 0 Å². The van der Waals surface area contributed by atoms with Crippen LogP contribution < -0.4 is 5.32 Å². The second kappa shape index (κ2) is 5.85. The fraction of sp³-hybridized carbons (Fsp3) is 0.786. The van der Waals surface area contributed by atoms with Gasteiger partial charge in [-0.15, -0.1) is 0 Å². The molecule has 102 valence electrons. The molecule has 0 bridgehead atoms. The minimum absolute atomic E-state index is 0.243. The van der Waals surface area contributed by atoms with Crippen molar-refractivity contribution in [1.29, 1.82) is 0 Å². The van der Waals surface area contributed by atoms with Gasteiger partial charge in [0.1, 0.15) is 11.4 Å². The number of hydrogen-bond acceptors (Lipinski definition) is 3. The van der Waals surface area contributed by atoms with Gasteiger partial charge in [-0.25, -0.2) is 4.98 Å². The fourth-order valence-electron chi connectivity index (χ4n) is 2.36. The third-order valence-corrected chi connectivity index (χ3v) is 3.78. The van der Waals surface area contributed by atoms with E-state index in [1.807, 2.05) is 13.1 Å². The highest BCUT2D eigenvalue weighted by atomic mass is 16.5. The lowest BCUT2D eigenvalue weighted by atomic mass is 9.96. The standard InChI is InChI=1S/C14H25N3O/c1-4-14(5-2,18-6-3)13-16-10-12(17-13)9-15-11-7-8-11/h10-11,15H,4-9H2,1-3H3,(H,16,17). The first-order valence-electron chi connectivity index (χ1n) is 7.15. The van der Waals surface area contributed by atoms with Gasteiger partial charge in [-0.05, 0) is 32.6 Å². The molecule has 1 aliphatic carbocycles. The second-order valence-electron chi connectivity index (χ2n) is 5.05. The predicted octanol–water partition coefficient (Wildman–Crippen LogP) is 2.71. The second-order valence-corrected chi connectivity index (χ2v) is 5.05. The maximum absolute atomic E-state index is 5.95. The number of nitrogens with one attached hydrogen (secondary N) is 2. The molecule has 1 saturated carbocycles. The van der Waals surface area contributed by atoms with Gasteiger partial charge < -0.3 is 15.0 Å². The van der Waals surface area contributed by atoms with Crippen molar-refractivity contribution >= 4 is 0 Å². The van der Waals surface area contributed by atoms with Crippen LogP contribution in [-0.4, -0.2) is 22.6 Å². The van der Waals surface area contributed by atoms with Gasteiger partial charge in [-0.2, -0.15) is 0 Å².